The Morgan fingerprint density at radius 3 is 2.41 bits per heavy atom. The van der Waals surface area contributed by atoms with Crippen LogP contribution in [0.25, 0.3) is 11.6 Å². The first kappa shape index (κ1) is 17.9. The number of benzene rings is 2. The second kappa shape index (κ2) is 7.98. The van der Waals surface area contributed by atoms with Crippen LogP contribution in [-0.4, -0.2) is 11.8 Å². The van der Waals surface area contributed by atoms with E-state index in [0.29, 0.717) is 22.6 Å². The number of nitrogens with zero attached hydrogens (tertiary/aromatic N) is 2. The number of rotatable bonds is 5. The fourth-order valence-electron chi connectivity index (χ4n) is 2.62. The molecule has 5 nitrogen and oxygen atoms in total. The zero-order valence-corrected chi connectivity index (χ0v) is 14.6. The molecule has 2 aromatic rings. The number of anilines is 1. The van der Waals surface area contributed by atoms with Gasteiger partial charge in [0.1, 0.15) is 5.75 Å². The number of imide groups is 1. The van der Waals surface area contributed by atoms with Crippen molar-refractivity contribution >= 4 is 29.2 Å². The quantitative estimate of drug-likeness (QED) is 0.350. The summed E-state index contributed by atoms with van der Waals surface area (Å²) in [4.78, 5) is 24.6. The molecular weight excluding hydrogens is 340 g/mol. The van der Waals surface area contributed by atoms with E-state index in [2.05, 4.69) is 6.07 Å². The molecule has 1 heterocycles. The van der Waals surface area contributed by atoms with Gasteiger partial charge in [-0.05, 0) is 48.4 Å². The molecule has 132 valence electrons. The highest BCUT2D eigenvalue weighted by molar-refractivity contribution is 6.28. The summed E-state index contributed by atoms with van der Waals surface area (Å²) in [6.45, 7) is 1.86. The molecule has 0 fully saturated rings. The highest BCUT2D eigenvalue weighted by Gasteiger charge is 2.24. The summed E-state index contributed by atoms with van der Waals surface area (Å²) < 4.78 is 5.44. The van der Waals surface area contributed by atoms with Gasteiger partial charge in [-0.25, -0.2) is 4.90 Å². The van der Waals surface area contributed by atoms with Gasteiger partial charge >= 0.3 is 0 Å². The summed E-state index contributed by atoms with van der Waals surface area (Å²) in [6.07, 6.45) is 7.60. The topological polar surface area (TPSA) is 70.4 Å². The summed E-state index contributed by atoms with van der Waals surface area (Å²) in [7, 11) is 0. The van der Waals surface area contributed by atoms with Crippen molar-refractivity contribution in [2.75, 3.05) is 4.90 Å². The van der Waals surface area contributed by atoms with E-state index in [4.69, 9.17) is 4.74 Å². The number of nitriles is 1. The van der Waals surface area contributed by atoms with E-state index in [0.717, 1.165) is 10.5 Å². The molecule has 3 rings (SSSR count). The van der Waals surface area contributed by atoms with Crippen LogP contribution in [-0.2, 0) is 9.59 Å². The number of hydrogen-bond donors (Lipinski definition) is 0. The van der Waals surface area contributed by atoms with Crippen LogP contribution in [0.2, 0.25) is 0 Å². The van der Waals surface area contributed by atoms with Crippen molar-refractivity contribution in [3.63, 3.8) is 0 Å². The SMILES string of the molecule is C/C=C/Oc1cccc(/C=C(\C#N)c2ccc(N3C(=O)C=CC3=O)cc2)c1. The lowest BCUT2D eigenvalue weighted by Crippen LogP contribution is -2.29. The van der Waals surface area contributed by atoms with Crippen LogP contribution in [0.1, 0.15) is 18.1 Å². The van der Waals surface area contributed by atoms with E-state index in [9.17, 15) is 14.9 Å². The van der Waals surface area contributed by atoms with Crippen LogP contribution >= 0.6 is 0 Å². The van der Waals surface area contributed by atoms with Crippen molar-refractivity contribution in [3.8, 4) is 11.8 Å². The number of amides is 2. The van der Waals surface area contributed by atoms with Crippen LogP contribution in [0.4, 0.5) is 5.69 Å². The van der Waals surface area contributed by atoms with Gasteiger partial charge in [0.05, 0.1) is 23.6 Å². The maximum absolute atomic E-state index is 11.7. The molecule has 0 aliphatic carbocycles. The summed E-state index contributed by atoms with van der Waals surface area (Å²) in [6, 6.07) is 16.3. The summed E-state index contributed by atoms with van der Waals surface area (Å²) in [5, 5.41) is 9.53. The van der Waals surface area contributed by atoms with E-state index in [1.165, 1.54) is 12.2 Å². The van der Waals surface area contributed by atoms with Crippen molar-refractivity contribution in [2.24, 2.45) is 0 Å². The molecule has 0 bridgehead atoms. The Morgan fingerprint density at radius 2 is 1.78 bits per heavy atom. The fraction of sp³-hybridized carbons (Fsp3) is 0.0455. The summed E-state index contributed by atoms with van der Waals surface area (Å²) >= 11 is 0. The minimum atomic E-state index is -0.373. The number of carbonyl (C=O) groups excluding carboxylic acids is 2. The molecule has 2 amide bonds. The molecule has 0 saturated carbocycles. The monoisotopic (exact) mass is 356 g/mol. The molecule has 0 unspecified atom stereocenters. The Bertz CT molecular complexity index is 991. The lowest BCUT2D eigenvalue weighted by Gasteiger charge is -2.14. The van der Waals surface area contributed by atoms with Gasteiger partial charge in [0.25, 0.3) is 11.8 Å². The van der Waals surface area contributed by atoms with Crippen LogP contribution < -0.4 is 9.64 Å². The normalized spacial score (nSPS) is 14.1. The Morgan fingerprint density at radius 1 is 1.07 bits per heavy atom. The molecule has 2 aromatic carbocycles. The molecule has 5 heteroatoms. The Labute approximate surface area is 157 Å². The van der Waals surface area contributed by atoms with Gasteiger partial charge in [-0.1, -0.05) is 30.3 Å². The molecule has 0 radical (unpaired) electrons. The molecule has 0 saturated heterocycles. The highest BCUT2D eigenvalue weighted by Crippen LogP contribution is 2.24. The summed E-state index contributed by atoms with van der Waals surface area (Å²) in [5.41, 5.74) is 2.44. The highest BCUT2D eigenvalue weighted by atomic mass is 16.5. The molecule has 0 aromatic heterocycles. The summed E-state index contributed by atoms with van der Waals surface area (Å²) in [5.74, 6) is -0.0727. The maximum Gasteiger partial charge on any atom is 0.258 e. The third-order valence-electron chi connectivity index (χ3n) is 3.88. The van der Waals surface area contributed by atoms with E-state index >= 15 is 0 Å². The largest absolute Gasteiger partial charge is 0.465 e. The van der Waals surface area contributed by atoms with E-state index in [-0.39, 0.29) is 11.8 Å². The van der Waals surface area contributed by atoms with Crippen LogP contribution in [0, 0.1) is 11.3 Å². The van der Waals surface area contributed by atoms with Gasteiger partial charge in [-0.15, -0.1) is 0 Å². The molecular formula is C22H16N2O3. The second-order valence-electron chi connectivity index (χ2n) is 5.72. The first-order chi connectivity index (χ1) is 13.1. The third kappa shape index (κ3) is 4.02. The first-order valence-electron chi connectivity index (χ1n) is 8.28. The lowest BCUT2D eigenvalue weighted by molar-refractivity contribution is -0.119. The molecule has 27 heavy (non-hydrogen) atoms. The Balaban J connectivity index is 1.86. The number of hydrogen-bond acceptors (Lipinski definition) is 4. The minimum absolute atomic E-state index is 0.373. The average Bonchev–Trinajstić information content (AvgIpc) is 3.03. The van der Waals surface area contributed by atoms with Gasteiger partial charge in [0.15, 0.2) is 0 Å². The van der Waals surface area contributed by atoms with E-state index < -0.39 is 0 Å². The van der Waals surface area contributed by atoms with E-state index in [1.807, 2.05) is 31.2 Å². The van der Waals surface area contributed by atoms with Gasteiger partial charge < -0.3 is 4.74 Å². The predicted octanol–water partition coefficient (Wildman–Crippen LogP) is 4.09. The zero-order chi connectivity index (χ0) is 19.2. The van der Waals surface area contributed by atoms with Crippen molar-refractivity contribution < 1.29 is 14.3 Å². The van der Waals surface area contributed by atoms with Crippen molar-refractivity contribution in [2.45, 2.75) is 6.92 Å². The van der Waals surface area contributed by atoms with Crippen molar-refractivity contribution in [3.05, 3.63) is 84.1 Å². The number of ether oxygens (including phenoxy) is 1. The lowest BCUT2D eigenvalue weighted by atomic mass is 10.0. The third-order valence-corrected chi connectivity index (χ3v) is 3.88. The molecule has 0 N–H and O–H groups in total. The maximum atomic E-state index is 11.7. The van der Waals surface area contributed by atoms with Gasteiger partial charge in [-0.2, -0.15) is 5.26 Å². The predicted molar refractivity (Wildman–Crippen MR) is 103 cm³/mol. The van der Waals surface area contributed by atoms with Crippen LogP contribution in [0.5, 0.6) is 5.75 Å². The number of allylic oxidation sites excluding steroid dienone is 2. The standard InChI is InChI=1S/C22H16N2O3/c1-2-12-27-20-5-3-4-16(14-20)13-18(15-23)17-6-8-19(9-7-17)24-21(25)10-11-22(24)26/h2-14H,1H3/b12-2+,18-13+. The minimum Gasteiger partial charge on any atom is -0.465 e. The molecule has 0 atom stereocenters. The average molecular weight is 356 g/mol. The van der Waals surface area contributed by atoms with Gasteiger partial charge in [0.2, 0.25) is 0 Å². The van der Waals surface area contributed by atoms with Gasteiger partial charge in [0, 0.05) is 12.2 Å². The Hall–Kier alpha value is -3.91. The van der Waals surface area contributed by atoms with E-state index in [1.54, 1.807) is 42.7 Å². The molecule has 0 spiro atoms. The fourth-order valence-corrected chi connectivity index (χ4v) is 2.62. The second-order valence-corrected chi connectivity index (χ2v) is 5.72. The first-order valence-corrected chi connectivity index (χ1v) is 8.28. The van der Waals surface area contributed by atoms with Crippen molar-refractivity contribution in [1.29, 1.82) is 5.26 Å². The Kier molecular flexibility index (Phi) is 5.29. The van der Waals surface area contributed by atoms with Crippen LogP contribution in [0.15, 0.2) is 73.0 Å². The molecule has 1 aliphatic rings. The zero-order valence-electron chi connectivity index (χ0n) is 14.6. The smallest absolute Gasteiger partial charge is 0.258 e. The van der Waals surface area contributed by atoms with Gasteiger partial charge in [-0.3, -0.25) is 9.59 Å². The number of carbonyl (C=O) groups is 2. The van der Waals surface area contributed by atoms with Crippen LogP contribution in [0.3, 0.4) is 0 Å². The molecule has 1 aliphatic heterocycles. The van der Waals surface area contributed by atoms with Crippen molar-refractivity contribution in [1.82, 2.24) is 0 Å².